The third-order valence-electron chi connectivity index (χ3n) is 8.42. The van der Waals surface area contributed by atoms with Gasteiger partial charge in [-0.3, -0.25) is 10.1 Å². The molecule has 0 radical (unpaired) electrons. The molecule has 6 rings (SSSR count). The Morgan fingerprint density at radius 1 is 1.09 bits per heavy atom. The van der Waals surface area contributed by atoms with Gasteiger partial charge in [0.15, 0.2) is 5.82 Å². The zero-order valence-corrected chi connectivity index (χ0v) is 26.3. The smallest absolute Gasteiger partial charge is 0.159 e. The monoisotopic (exact) mass is 604 g/mol. The summed E-state index contributed by atoms with van der Waals surface area (Å²) in [6.45, 7) is 9.61. The number of H-pyrrole nitrogens is 2. The second kappa shape index (κ2) is 13.6. The van der Waals surface area contributed by atoms with Crippen molar-refractivity contribution < 1.29 is 4.39 Å². The summed E-state index contributed by atoms with van der Waals surface area (Å²) in [4.78, 5) is 15.1. The predicted octanol–water partition coefficient (Wildman–Crippen LogP) is 6.60. The number of hydrogen-bond donors (Lipinski definition) is 4. The molecule has 0 amide bonds. The maximum absolute atomic E-state index is 14.8. The van der Waals surface area contributed by atoms with Crippen molar-refractivity contribution in [2.24, 2.45) is 5.92 Å². The number of aryl methyl sites for hydroxylation is 1. The van der Waals surface area contributed by atoms with E-state index in [-0.39, 0.29) is 5.82 Å². The lowest BCUT2D eigenvalue weighted by molar-refractivity contribution is 0.372. The van der Waals surface area contributed by atoms with Crippen LogP contribution in [0.5, 0.6) is 0 Å². The van der Waals surface area contributed by atoms with Gasteiger partial charge in [0.05, 0.1) is 11.2 Å². The van der Waals surface area contributed by atoms with E-state index >= 15 is 0 Å². The fourth-order valence-corrected chi connectivity index (χ4v) is 6.09. The second-order valence-corrected chi connectivity index (χ2v) is 12.1. The summed E-state index contributed by atoms with van der Waals surface area (Å²) in [6.07, 6.45) is 11.0. The highest BCUT2D eigenvalue weighted by atomic mass is 19.1. The number of nitrogens with zero attached hydrogens (tertiary/aromatic N) is 4. The Labute approximate surface area is 263 Å². The van der Waals surface area contributed by atoms with Crippen molar-refractivity contribution in [1.29, 1.82) is 0 Å². The van der Waals surface area contributed by atoms with E-state index in [1.807, 2.05) is 45.6 Å². The molecule has 1 aliphatic rings. The predicted molar refractivity (Wildman–Crippen MR) is 182 cm³/mol. The Bertz CT molecular complexity index is 1830. The standard InChI is InChI=1S/C36H41FN8/c1-5-6-31(27-17-29(37)20-30(18-27)40-13-14-45(3)4)34-23(2)41-36(42-34)35-32-19-26(7-8-33(32)43-44-35)28-16-25(21-39-22-28)15-24-9-11-38-12-10-24/h5-8,16-22,24,38,40H,1,9-15H2,2-4H3,(H,41,42)(H,43,44)/b31-6-. The van der Waals surface area contributed by atoms with Crippen LogP contribution >= 0.6 is 0 Å². The van der Waals surface area contributed by atoms with Gasteiger partial charge in [-0.25, -0.2) is 9.37 Å². The van der Waals surface area contributed by atoms with Gasteiger partial charge in [-0.1, -0.05) is 24.8 Å². The van der Waals surface area contributed by atoms with Crippen LogP contribution in [-0.4, -0.2) is 70.3 Å². The molecule has 1 saturated heterocycles. The van der Waals surface area contributed by atoms with Crippen molar-refractivity contribution in [2.45, 2.75) is 26.2 Å². The van der Waals surface area contributed by atoms with Crippen LogP contribution in [0.1, 0.15) is 35.4 Å². The summed E-state index contributed by atoms with van der Waals surface area (Å²) in [5.74, 6) is 1.02. The molecule has 4 heterocycles. The summed E-state index contributed by atoms with van der Waals surface area (Å²) in [5, 5.41) is 15.6. The van der Waals surface area contributed by atoms with Crippen LogP contribution in [0.25, 0.3) is 39.1 Å². The molecule has 45 heavy (non-hydrogen) atoms. The molecular formula is C36H41FN8. The summed E-state index contributed by atoms with van der Waals surface area (Å²) >= 11 is 0. The molecular weight excluding hydrogens is 563 g/mol. The first-order chi connectivity index (χ1) is 21.9. The van der Waals surface area contributed by atoms with Gasteiger partial charge in [-0.05, 0) is 112 Å². The first-order valence-corrected chi connectivity index (χ1v) is 15.6. The van der Waals surface area contributed by atoms with Crippen LogP contribution in [-0.2, 0) is 6.42 Å². The largest absolute Gasteiger partial charge is 0.384 e. The minimum absolute atomic E-state index is 0.316. The molecule has 8 nitrogen and oxygen atoms in total. The van der Waals surface area contributed by atoms with E-state index in [2.05, 4.69) is 66.5 Å². The maximum Gasteiger partial charge on any atom is 0.159 e. The van der Waals surface area contributed by atoms with E-state index < -0.39 is 0 Å². The zero-order valence-electron chi connectivity index (χ0n) is 26.3. The number of aromatic amines is 2. The normalized spacial score (nSPS) is 14.4. The Balaban J connectivity index is 1.31. The maximum atomic E-state index is 14.8. The topological polar surface area (TPSA) is 97.5 Å². The molecule has 0 spiro atoms. The third-order valence-corrected chi connectivity index (χ3v) is 8.42. The van der Waals surface area contributed by atoms with Crippen molar-refractivity contribution in [2.75, 3.05) is 45.6 Å². The van der Waals surface area contributed by atoms with Crippen molar-refractivity contribution in [3.63, 3.8) is 0 Å². The number of piperidine rings is 1. The number of hydrogen-bond acceptors (Lipinski definition) is 6. The van der Waals surface area contributed by atoms with Gasteiger partial charge in [0.2, 0.25) is 0 Å². The van der Waals surface area contributed by atoms with Crippen molar-refractivity contribution in [3.05, 3.63) is 102 Å². The molecule has 0 bridgehead atoms. The summed E-state index contributed by atoms with van der Waals surface area (Å²) in [6, 6.07) is 13.6. The number of halogens is 1. The van der Waals surface area contributed by atoms with Gasteiger partial charge in [-0.2, -0.15) is 5.10 Å². The molecule has 1 aliphatic heterocycles. The molecule has 9 heteroatoms. The van der Waals surface area contributed by atoms with Crippen LogP contribution in [0.4, 0.5) is 10.1 Å². The van der Waals surface area contributed by atoms with Gasteiger partial charge in [0.1, 0.15) is 11.5 Å². The summed E-state index contributed by atoms with van der Waals surface area (Å²) < 4.78 is 14.8. The third kappa shape index (κ3) is 7.05. The Morgan fingerprint density at radius 3 is 2.73 bits per heavy atom. The van der Waals surface area contributed by atoms with Crippen molar-refractivity contribution in [3.8, 4) is 22.6 Å². The molecule has 4 N–H and O–H groups in total. The molecule has 5 aromatic rings. The fourth-order valence-electron chi connectivity index (χ4n) is 6.09. The van der Waals surface area contributed by atoms with Crippen LogP contribution in [0.2, 0.25) is 0 Å². The lowest BCUT2D eigenvalue weighted by Crippen LogP contribution is -2.28. The number of aromatic nitrogens is 5. The number of pyridine rings is 1. The number of benzene rings is 2. The molecule has 3 aromatic heterocycles. The van der Waals surface area contributed by atoms with Gasteiger partial charge >= 0.3 is 0 Å². The highest BCUT2D eigenvalue weighted by Crippen LogP contribution is 2.33. The van der Waals surface area contributed by atoms with Crippen LogP contribution in [0.15, 0.2) is 73.6 Å². The molecule has 1 fully saturated rings. The van der Waals surface area contributed by atoms with Crippen LogP contribution in [0, 0.1) is 18.7 Å². The number of allylic oxidation sites excluding steroid dienone is 2. The van der Waals surface area contributed by atoms with Gasteiger partial charge in [0, 0.05) is 53.4 Å². The van der Waals surface area contributed by atoms with E-state index in [9.17, 15) is 4.39 Å². The average molecular weight is 605 g/mol. The van der Waals surface area contributed by atoms with E-state index in [0.717, 1.165) is 82.0 Å². The molecule has 0 atom stereocenters. The number of imidazole rings is 1. The molecule has 0 aliphatic carbocycles. The number of likely N-dealkylation sites (N-methyl/N-ethyl adjacent to an activating group) is 1. The van der Waals surface area contributed by atoms with Crippen LogP contribution in [0.3, 0.4) is 0 Å². The highest BCUT2D eigenvalue weighted by Gasteiger charge is 2.19. The number of nitrogens with one attached hydrogen (secondary N) is 4. The summed E-state index contributed by atoms with van der Waals surface area (Å²) in [7, 11) is 4.02. The van der Waals surface area contributed by atoms with Gasteiger partial charge < -0.3 is 20.5 Å². The quantitative estimate of drug-likeness (QED) is 0.127. The van der Waals surface area contributed by atoms with Crippen molar-refractivity contribution in [1.82, 2.24) is 35.4 Å². The highest BCUT2D eigenvalue weighted by molar-refractivity contribution is 5.95. The number of rotatable bonds is 11. The number of fused-ring (bicyclic) bond motifs is 1. The van der Waals surface area contributed by atoms with Crippen LogP contribution < -0.4 is 10.6 Å². The molecule has 0 unspecified atom stereocenters. The van der Waals surface area contributed by atoms with Gasteiger partial charge in [0.25, 0.3) is 0 Å². The Morgan fingerprint density at radius 2 is 1.93 bits per heavy atom. The minimum Gasteiger partial charge on any atom is -0.384 e. The molecule has 0 saturated carbocycles. The fraction of sp³-hybridized carbons (Fsp3) is 0.306. The lowest BCUT2D eigenvalue weighted by atomic mass is 9.91. The second-order valence-electron chi connectivity index (χ2n) is 12.1. The van der Waals surface area contributed by atoms with Gasteiger partial charge in [-0.15, -0.1) is 0 Å². The van der Waals surface area contributed by atoms with E-state index in [1.165, 1.54) is 30.5 Å². The average Bonchev–Trinajstić information content (AvgIpc) is 3.63. The Hall–Kier alpha value is -4.60. The molecule has 2 aromatic carbocycles. The van der Waals surface area contributed by atoms with E-state index in [0.29, 0.717) is 18.3 Å². The summed E-state index contributed by atoms with van der Waals surface area (Å²) in [5.41, 5.74) is 8.87. The number of anilines is 1. The SMILES string of the molecule is C=C/C=C(/c1cc(F)cc(NCCN(C)C)c1)c1nc(-c2n[nH]c3ccc(-c4cncc(CC5CCNCC5)c4)cc23)[nH]c1C. The zero-order chi connectivity index (χ0) is 31.3. The molecule has 232 valence electrons. The first kappa shape index (κ1) is 30.4. The minimum atomic E-state index is -0.316. The van der Waals surface area contributed by atoms with E-state index in [1.54, 1.807) is 6.08 Å². The first-order valence-electron chi connectivity index (χ1n) is 15.6. The van der Waals surface area contributed by atoms with Crippen molar-refractivity contribution >= 4 is 22.2 Å². The van der Waals surface area contributed by atoms with E-state index in [4.69, 9.17) is 4.98 Å². The lowest BCUT2D eigenvalue weighted by Gasteiger charge is -2.22. The Kier molecular flexibility index (Phi) is 9.18.